The Morgan fingerprint density at radius 1 is 1.15 bits per heavy atom. The van der Waals surface area contributed by atoms with Crippen LogP contribution >= 0.6 is 11.8 Å². The molecule has 6 nitrogen and oxygen atoms in total. The molecule has 2 atom stereocenters. The molecule has 7 heteroatoms. The van der Waals surface area contributed by atoms with Crippen LogP contribution in [0.4, 0.5) is 5.69 Å². The number of fused-ring (bicyclic) bond motifs is 1. The minimum Gasteiger partial charge on any atom is -0.497 e. The highest BCUT2D eigenvalue weighted by Crippen LogP contribution is 2.35. The minimum absolute atomic E-state index is 0.187. The molecule has 0 bridgehead atoms. The molecule has 174 valence electrons. The van der Waals surface area contributed by atoms with Crippen LogP contribution in [-0.4, -0.2) is 30.4 Å². The lowest BCUT2D eigenvalue weighted by atomic mass is 9.82. The average Bonchev–Trinajstić information content (AvgIpc) is 2.88. The van der Waals surface area contributed by atoms with Gasteiger partial charge in [0.1, 0.15) is 22.6 Å². The zero-order valence-electron chi connectivity index (χ0n) is 19.5. The highest BCUT2D eigenvalue weighted by molar-refractivity contribution is 8.00. The van der Waals surface area contributed by atoms with Gasteiger partial charge in [0.25, 0.3) is 0 Å². The summed E-state index contributed by atoms with van der Waals surface area (Å²) in [5, 5.41) is 12.8. The normalized spacial score (nSPS) is 15.5. The maximum absolute atomic E-state index is 12.9. The number of nitrogens with zero attached hydrogens (tertiary/aromatic N) is 2. The average molecular weight is 474 g/mol. The van der Waals surface area contributed by atoms with E-state index in [1.165, 1.54) is 17.3 Å². The fourth-order valence-corrected chi connectivity index (χ4v) is 5.06. The molecule has 1 N–H and O–H groups in total. The number of nitriles is 1. The van der Waals surface area contributed by atoms with E-state index in [0.29, 0.717) is 33.7 Å². The molecule has 0 aliphatic heterocycles. The fraction of sp³-hybridized carbons (Fsp3) is 0.296. The quantitative estimate of drug-likeness (QED) is 0.465. The van der Waals surface area contributed by atoms with Crippen LogP contribution in [0.5, 0.6) is 11.5 Å². The molecule has 4 rings (SSSR count). The topological polar surface area (TPSA) is 84.2 Å². The van der Waals surface area contributed by atoms with Crippen molar-refractivity contribution >= 4 is 23.4 Å². The van der Waals surface area contributed by atoms with Gasteiger partial charge in [-0.2, -0.15) is 5.26 Å². The zero-order valence-corrected chi connectivity index (χ0v) is 20.3. The van der Waals surface area contributed by atoms with Crippen LogP contribution in [-0.2, 0) is 17.6 Å². The Labute approximate surface area is 204 Å². The van der Waals surface area contributed by atoms with Crippen molar-refractivity contribution in [3.63, 3.8) is 0 Å². The van der Waals surface area contributed by atoms with Gasteiger partial charge in [-0.05, 0) is 49.3 Å². The molecule has 0 fully saturated rings. The SMILES string of the molecule is COc1cc(NC(=O)C(C)Sc2nc3c(cc2C#N)CC(c2ccccc2)CC3)cc(OC)c1. The monoisotopic (exact) mass is 473 g/mol. The molecule has 2 aromatic carbocycles. The summed E-state index contributed by atoms with van der Waals surface area (Å²) in [4.78, 5) is 17.7. The van der Waals surface area contributed by atoms with Gasteiger partial charge in [0, 0.05) is 29.6 Å². The van der Waals surface area contributed by atoms with Crippen molar-refractivity contribution in [1.82, 2.24) is 4.98 Å². The summed E-state index contributed by atoms with van der Waals surface area (Å²) in [6.07, 6.45) is 2.76. The van der Waals surface area contributed by atoms with E-state index < -0.39 is 5.25 Å². The molecular formula is C27H27N3O3S. The highest BCUT2D eigenvalue weighted by Gasteiger charge is 2.25. The molecule has 0 spiro atoms. The van der Waals surface area contributed by atoms with E-state index in [1.54, 1.807) is 32.4 Å². The van der Waals surface area contributed by atoms with Gasteiger partial charge >= 0.3 is 0 Å². The number of amides is 1. The number of carbonyl (C=O) groups is 1. The lowest BCUT2D eigenvalue weighted by Crippen LogP contribution is -2.23. The molecular weight excluding hydrogens is 446 g/mol. The van der Waals surface area contributed by atoms with Crippen LogP contribution < -0.4 is 14.8 Å². The third-order valence-electron chi connectivity index (χ3n) is 6.02. The van der Waals surface area contributed by atoms with Gasteiger partial charge in [0.2, 0.25) is 5.91 Å². The predicted molar refractivity (Wildman–Crippen MR) is 134 cm³/mol. The van der Waals surface area contributed by atoms with E-state index in [1.807, 2.05) is 19.1 Å². The van der Waals surface area contributed by atoms with Gasteiger partial charge < -0.3 is 14.8 Å². The summed E-state index contributed by atoms with van der Waals surface area (Å²) < 4.78 is 10.5. The number of carbonyl (C=O) groups excluding carboxylic acids is 1. The second kappa shape index (κ2) is 10.6. The number of benzene rings is 2. The predicted octanol–water partition coefficient (Wildman–Crippen LogP) is 5.36. The first-order valence-corrected chi connectivity index (χ1v) is 12.1. The number of thioether (sulfide) groups is 1. The van der Waals surface area contributed by atoms with E-state index in [0.717, 1.165) is 30.5 Å². The van der Waals surface area contributed by atoms with Gasteiger partial charge in [-0.1, -0.05) is 42.1 Å². The Kier molecular flexibility index (Phi) is 7.39. The molecule has 1 aliphatic carbocycles. The second-order valence-corrected chi connectivity index (χ2v) is 9.59. The maximum atomic E-state index is 12.9. The molecule has 1 amide bonds. The van der Waals surface area contributed by atoms with Crippen LogP contribution in [0.3, 0.4) is 0 Å². The maximum Gasteiger partial charge on any atom is 0.237 e. The third kappa shape index (κ3) is 5.35. The van der Waals surface area contributed by atoms with E-state index in [9.17, 15) is 10.1 Å². The Balaban J connectivity index is 1.49. The number of methoxy groups -OCH3 is 2. The Bertz CT molecular complexity index is 1200. The Hall–Kier alpha value is -3.50. The van der Waals surface area contributed by atoms with Crippen LogP contribution in [0.15, 0.2) is 59.6 Å². The third-order valence-corrected chi connectivity index (χ3v) is 7.12. The summed E-state index contributed by atoms with van der Waals surface area (Å²) in [6.45, 7) is 1.81. The second-order valence-electron chi connectivity index (χ2n) is 8.26. The number of hydrogen-bond donors (Lipinski definition) is 1. The lowest BCUT2D eigenvalue weighted by Gasteiger charge is -2.25. The first kappa shape index (κ1) is 23.7. The first-order valence-electron chi connectivity index (χ1n) is 11.2. The van der Waals surface area contributed by atoms with Crippen molar-refractivity contribution in [2.75, 3.05) is 19.5 Å². The Morgan fingerprint density at radius 2 is 1.85 bits per heavy atom. The summed E-state index contributed by atoms with van der Waals surface area (Å²) in [5.74, 6) is 1.43. The molecule has 1 aromatic heterocycles. The molecule has 0 saturated carbocycles. The number of aryl methyl sites for hydroxylation is 1. The number of pyridine rings is 1. The zero-order chi connectivity index (χ0) is 24.1. The number of ether oxygens (including phenoxy) is 2. The standard InChI is InChI=1S/C27H27N3O3S/c1-17(26(31)29-22-13-23(32-2)15-24(14-22)33-3)34-27-21(16-28)12-20-11-19(9-10-25(20)30-27)18-7-5-4-6-8-18/h4-8,12-15,17,19H,9-11H2,1-3H3,(H,29,31). The highest BCUT2D eigenvalue weighted by atomic mass is 32.2. The van der Waals surface area contributed by atoms with Gasteiger partial charge in [-0.3, -0.25) is 4.79 Å². The molecule has 0 radical (unpaired) electrons. The molecule has 3 aromatic rings. The van der Waals surface area contributed by atoms with Gasteiger partial charge in [-0.15, -0.1) is 0 Å². The first-order chi connectivity index (χ1) is 16.5. The molecule has 0 saturated heterocycles. The lowest BCUT2D eigenvalue weighted by molar-refractivity contribution is -0.115. The Morgan fingerprint density at radius 3 is 2.50 bits per heavy atom. The summed E-state index contributed by atoms with van der Waals surface area (Å²) in [5.41, 5.74) is 4.57. The summed E-state index contributed by atoms with van der Waals surface area (Å²) in [6, 6.07) is 19.9. The van der Waals surface area contributed by atoms with Gasteiger partial charge in [0.05, 0.1) is 25.0 Å². The number of rotatable bonds is 7. The number of aromatic nitrogens is 1. The minimum atomic E-state index is -0.449. The van der Waals surface area contributed by atoms with Crippen molar-refractivity contribution in [3.05, 3.63) is 77.0 Å². The number of nitrogens with one attached hydrogen (secondary N) is 1. The smallest absolute Gasteiger partial charge is 0.237 e. The number of anilines is 1. The molecule has 1 aliphatic rings. The van der Waals surface area contributed by atoms with Crippen molar-refractivity contribution in [2.24, 2.45) is 0 Å². The van der Waals surface area contributed by atoms with Crippen LogP contribution in [0.25, 0.3) is 0 Å². The van der Waals surface area contributed by atoms with Crippen molar-refractivity contribution in [2.45, 2.75) is 42.4 Å². The van der Waals surface area contributed by atoms with E-state index >= 15 is 0 Å². The summed E-state index contributed by atoms with van der Waals surface area (Å²) >= 11 is 1.30. The van der Waals surface area contributed by atoms with Crippen molar-refractivity contribution < 1.29 is 14.3 Å². The largest absolute Gasteiger partial charge is 0.497 e. The van der Waals surface area contributed by atoms with E-state index in [-0.39, 0.29) is 5.91 Å². The summed E-state index contributed by atoms with van der Waals surface area (Å²) in [7, 11) is 3.12. The van der Waals surface area contributed by atoms with Crippen LogP contribution in [0, 0.1) is 11.3 Å². The fourth-order valence-electron chi connectivity index (χ4n) is 4.17. The van der Waals surface area contributed by atoms with Crippen molar-refractivity contribution in [1.29, 1.82) is 5.26 Å². The van der Waals surface area contributed by atoms with Crippen LogP contribution in [0.2, 0.25) is 0 Å². The number of hydrogen-bond acceptors (Lipinski definition) is 6. The van der Waals surface area contributed by atoms with Gasteiger partial charge in [0.15, 0.2) is 0 Å². The van der Waals surface area contributed by atoms with E-state index in [4.69, 9.17) is 14.5 Å². The molecule has 2 unspecified atom stereocenters. The van der Waals surface area contributed by atoms with E-state index in [2.05, 4.69) is 35.7 Å². The van der Waals surface area contributed by atoms with Crippen molar-refractivity contribution in [3.8, 4) is 17.6 Å². The molecule has 1 heterocycles. The van der Waals surface area contributed by atoms with Gasteiger partial charge in [-0.25, -0.2) is 4.98 Å². The molecule has 34 heavy (non-hydrogen) atoms. The van der Waals surface area contributed by atoms with Crippen LogP contribution in [0.1, 0.15) is 41.6 Å².